The first-order valence-corrected chi connectivity index (χ1v) is 15.8. The van der Waals surface area contributed by atoms with Crippen molar-refractivity contribution < 1.29 is 19.1 Å². The van der Waals surface area contributed by atoms with Gasteiger partial charge in [-0.15, -0.1) is 0 Å². The van der Waals surface area contributed by atoms with Crippen LogP contribution in [0, 0.1) is 17.8 Å². The van der Waals surface area contributed by atoms with Gasteiger partial charge in [-0.25, -0.2) is 4.79 Å². The Hall–Kier alpha value is -3.68. The van der Waals surface area contributed by atoms with E-state index in [0.29, 0.717) is 23.4 Å². The summed E-state index contributed by atoms with van der Waals surface area (Å²) in [7, 11) is 0. The number of nitrogens with one attached hydrogen (secondary N) is 1. The van der Waals surface area contributed by atoms with E-state index in [-0.39, 0.29) is 19.1 Å². The number of hydrogen-bond acceptors (Lipinski definition) is 5. The van der Waals surface area contributed by atoms with Crippen LogP contribution in [0.4, 0.5) is 10.5 Å². The molecule has 0 radical (unpaired) electrons. The number of alkyl carbamates (subject to hydrolysis) is 1. The Labute approximate surface area is 248 Å². The zero-order valence-electron chi connectivity index (χ0n) is 24.4. The average Bonchev–Trinajstić information content (AvgIpc) is 3.41. The number of hydrogen-bond donors (Lipinski definition) is 1. The monoisotopic (exact) mass is 570 g/mol. The Morgan fingerprint density at radius 1 is 0.857 bits per heavy atom. The van der Waals surface area contributed by atoms with Crippen LogP contribution >= 0.6 is 0 Å². The number of benzodiazepines with no additional fused rings is 1. The van der Waals surface area contributed by atoms with Gasteiger partial charge in [0.25, 0.3) is 5.91 Å². The number of ether oxygens (including phenoxy) is 1. The molecule has 8 heteroatoms. The molecular weight excluding hydrogens is 528 g/mol. The maximum atomic E-state index is 14.2. The molecule has 222 valence electrons. The van der Waals surface area contributed by atoms with Gasteiger partial charge in [0, 0.05) is 24.4 Å². The molecular formula is C34H42N4O4. The molecule has 1 N–H and O–H groups in total. The Bertz CT molecular complexity index is 1280. The molecule has 2 saturated heterocycles. The van der Waals surface area contributed by atoms with Crippen LogP contribution in [-0.2, 0) is 20.9 Å². The fourth-order valence-electron chi connectivity index (χ4n) is 7.19. The van der Waals surface area contributed by atoms with Crippen molar-refractivity contribution in [2.75, 3.05) is 24.5 Å². The zero-order chi connectivity index (χ0) is 28.9. The van der Waals surface area contributed by atoms with E-state index < -0.39 is 18.2 Å². The van der Waals surface area contributed by atoms with Gasteiger partial charge < -0.3 is 9.64 Å². The third-order valence-electron chi connectivity index (χ3n) is 9.53. The van der Waals surface area contributed by atoms with E-state index >= 15 is 0 Å². The minimum absolute atomic E-state index is 0.0434. The van der Waals surface area contributed by atoms with Crippen molar-refractivity contribution >= 4 is 29.3 Å². The van der Waals surface area contributed by atoms with E-state index in [9.17, 15) is 14.4 Å². The van der Waals surface area contributed by atoms with Crippen molar-refractivity contribution in [3.63, 3.8) is 0 Å². The summed E-state index contributed by atoms with van der Waals surface area (Å²) >= 11 is 0. The van der Waals surface area contributed by atoms with E-state index in [2.05, 4.69) is 5.32 Å². The number of anilines is 1. The van der Waals surface area contributed by atoms with E-state index in [1.165, 1.54) is 44.9 Å². The lowest BCUT2D eigenvalue weighted by molar-refractivity contribution is -0.132. The molecule has 3 amide bonds. The summed E-state index contributed by atoms with van der Waals surface area (Å²) in [5, 5.41) is 2.73. The molecule has 2 aromatic rings. The summed E-state index contributed by atoms with van der Waals surface area (Å²) in [5.74, 6) is 1.10. The molecule has 8 nitrogen and oxygen atoms in total. The molecule has 7 rings (SSSR count). The van der Waals surface area contributed by atoms with Gasteiger partial charge in [-0.3, -0.25) is 24.8 Å². The topological polar surface area (TPSA) is 91.3 Å². The molecule has 2 saturated carbocycles. The van der Waals surface area contributed by atoms with Crippen LogP contribution in [0.2, 0.25) is 0 Å². The molecule has 2 aromatic carbocycles. The second-order valence-electron chi connectivity index (χ2n) is 12.5. The first kappa shape index (κ1) is 28.4. The molecule has 3 aliphatic heterocycles. The van der Waals surface area contributed by atoms with E-state index in [0.717, 1.165) is 49.2 Å². The standard InChI is InChI=1S/C34H42N4O4/c39-31(37-20-25-15-16-26(21-37)18-17-25)22-38-30-14-8-7-13-28(30)29(19-24-9-3-1-4-10-24)35-32(33(38)40)36-34(41)42-23-27-11-5-2-6-12-27/h2,5-8,11-14,24-26,32H,1,3-4,9-10,15-23H2,(H,36,41)/t25?,26?,32-/m1/s1. The Morgan fingerprint density at radius 3 is 2.24 bits per heavy atom. The van der Waals surface area contributed by atoms with Gasteiger partial charge in [-0.1, -0.05) is 80.6 Å². The summed E-state index contributed by atoms with van der Waals surface area (Å²) in [5.41, 5.74) is 3.21. The number of carbonyl (C=O) groups excluding carboxylic acids is 3. The van der Waals surface area contributed by atoms with Crippen molar-refractivity contribution in [1.29, 1.82) is 0 Å². The van der Waals surface area contributed by atoms with E-state index in [1.54, 1.807) is 4.90 Å². The second kappa shape index (κ2) is 13.1. The van der Waals surface area contributed by atoms with E-state index in [4.69, 9.17) is 9.73 Å². The number of aliphatic imine (C=N–C) groups is 1. The third-order valence-corrected chi connectivity index (χ3v) is 9.53. The SMILES string of the molecule is O=C(N[C@H]1N=C(CC2CCCCC2)c2ccccc2N(CC(=O)N2CC3CCC(CC3)C2)C1=O)OCc1ccccc1. The van der Waals surface area contributed by atoms with Crippen molar-refractivity contribution in [2.24, 2.45) is 22.7 Å². The first-order chi connectivity index (χ1) is 20.5. The quantitative estimate of drug-likeness (QED) is 0.463. The first-order valence-electron chi connectivity index (χ1n) is 15.8. The summed E-state index contributed by atoms with van der Waals surface area (Å²) in [4.78, 5) is 49.3. The Morgan fingerprint density at radius 2 is 1.52 bits per heavy atom. The fourth-order valence-corrected chi connectivity index (χ4v) is 7.19. The normalized spacial score (nSPS) is 24.3. The Balaban J connectivity index is 1.26. The number of carbonyl (C=O) groups is 3. The van der Waals surface area contributed by atoms with Crippen molar-refractivity contribution in [3.8, 4) is 0 Å². The predicted octanol–water partition coefficient (Wildman–Crippen LogP) is 5.69. The number of fused-ring (bicyclic) bond motifs is 5. The number of amides is 3. The maximum Gasteiger partial charge on any atom is 0.409 e. The molecule has 0 unspecified atom stereocenters. The highest BCUT2D eigenvalue weighted by Crippen LogP contribution is 2.35. The second-order valence-corrected chi connectivity index (χ2v) is 12.5. The van der Waals surface area contributed by atoms with Crippen molar-refractivity contribution in [3.05, 3.63) is 65.7 Å². The molecule has 3 heterocycles. The average molecular weight is 571 g/mol. The van der Waals surface area contributed by atoms with Gasteiger partial charge >= 0.3 is 6.09 Å². The van der Waals surface area contributed by atoms with Gasteiger partial charge in [0.2, 0.25) is 12.1 Å². The minimum atomic E-state index is -1.17. The highest BCUT2D eigenvalue weighted by atomic mass is 16.5. The lowest BCUT2D eigenvalue weighted by Crippen LogP contribution is -2.51. The highest BCUT2D eigenvalue weighted by molar-refractivity contribution is 6.14. The van der Waals surface area contributed by atoms with Crippen LogP contribution < -0.4 is 10.2 Å². The number of nitrogens with zero attached hydrogens (tertiary/aromatic N) is 3. The van der Waals surface area contributed by atoms with Gasteiger partial charge in [0.15, 0.2) is 0 Å². The molecule has 5 aliphatic rings. The molecule has 4 fully saturated rings. The smallest absolute Gasteiger partial charge is 0.409 e. The lowest BCUT2D eigenvalue weighted by atomic mass is 9.84. The molecule has 2 bridgehead atoms. The minimum Gasteiger partial charge on any atom is -0.445 e. The Kier molecular flexibility index (Phi) is 8.87. The highest BCUT2D eigenvalue weighted by Gasteiger charge is 2.37. The molecule has 2 aliphatic carbocycles. The third kappa shape index (κ3) is 6.69. The molecule has 1 atom stereocenters. The number of benzene rings is 2. The lowest BCUT2D eigenvalue weighted by Gasteiger charge is -2.29. The number of rotatable bonds is 7. The zero-order valence-corrected chi connectivity index (χ0v) is 24.4. The number of para-hydroxylation sites is 1. The van der Waals surface area contributed by atoms with Crippen molar-refractivity contribution in [2.45, 2.75) is 77.0 Å². The summed E-state index contributed by atoms with van der Waals surface area (Å²) in [6, 6.07) is 17.2. The molecule has 42 heavy (non-hydrogen) atoms. The maximum absolute atomic E-state index is 14.2. The predicted molar refractivity (Wildman–Crippen MR) is 162 cm³/mol. The van der Waals surface area contributed by atoms with Crippen LogP contribution in [0.1, 0.15) is 75.3 Å². The van der Waals surface area contributed by atoms with Crippen LogP contribution in [-0.4, -0.2) is 54.3 Å². The van der Waals surface area contributed by atoms with Crippen LogP contribution in [0.15, 0.2) is 59.6 Å². The van der Waals surface area contributed by atoms with Gasteiger partial charge in [-0.05, 0) is 61.5 Å². The van der Waals surface area contributed by atoms with Gasteiger partial charge in [0.05, 0.1) is 5.69 Å². The summed E-state index contributed by atoms with van der Waals surface area (Å²) in [6.45, 7) is 1.54. The van der Waals surface area contributed by atoms with E-state index in [1.807, 2.05) is 59.5 Å². The van der Waals surface area contributed by atoms with Crippen molar-refractivity contribution in [1.82, 2.24) is 10.2 Å². The largest absolute Gasteiger partial charge is 0.445 e. The fraction of sp³-hybridized carbons (Fsp3) is 0.529. The van der Waals surface area contributed by atoms with Crippen LogP contribution in [0.25, 0.3) is 0 Å². The molecule has 0 aromatic heterocycles. The molecule has 0 spiro atoms. The summed E-state index contributed by atoms with van der Waals surface area (Å²) in [6.07, 6.45) is 9.47. The summed E-state index contributed by atoms with van der Waals surface area (Å²) < 4.78 is 5.47. The van der Waals surface area contributed by atoms with Gasteiger partial charge in [0.1, 0.15) is 13.2 Å². The van der Waals surface area contributed by atoms with Gasteiger partial charge in [-0.2, -0.15) is 0 Å². The van der Waals surface area contributed by atoms with Crippen LogP contribution in [0.3, 0.4) is 0 Å². The van der Waals surface area contributed by atoms with Crippen LogP contribution in [0.5, 0.6) is 0 Å².